The molecule has 1 rings (SSSR count). The summed E-state index contributed by atoms with van der Waals surface area (Å²) in [5.74, 6) is -2.12. The van der Waals surface area contributed by atoms with Crippen molar-refractivity contribution < 1.29 is 13.6 Å². The molecule has 1 atom stereocenters. The number of nitrogens with one attached hydrogen (secondary N) is 1. The molecule has 0 radical (unpaired) electrons. The molecular formula is C12H14ClF2NO. The van der Waals surface area contributed by atoms with Gasteiger partial charge in [0.05, 0.1) is 5.56 Å². The van der Waals surface area contributed by atoms with E-state index in [2.05, 4.69) is 5.32 Å². The van der Waals surface area contributed by atoms with E-state index in [1.807, 2.05) is 6.92 Å². The van der Waals surface area contributed by atoms with Crippen molar-refractivity contribution in [1.29, 1.82) is 0 Å². The molecule has 0 saturated carbocycles. The standard InChI is InChI=1S/C12H14ClF2NO/c1-2-8(13)5-6-16-12(17)10-4-3-9(14)7-11(10)15/h3-4,7-8H,2,5-6H2,1H3,(H,16,17). The van der Waals surface area contributed by atoms with Gasteiger partial charge in [-0.05, 0) is 25.0 Å². The number of hydrogen-bond acceptors (Lipinski definition) is 1. The third-order valence-electron chi connectivity index (χ3n) is 2.36. The van der Waals surface area contributed by atoms with Crippen LogP contribution in [-0.4, -0.2) is 17.8 Å². The number of benzene rings is 1. The number of amides is 1. The highest BCUT2D eigenvalue weighted by atomic mass is 35.5. The van der Waals surface area contributed by atoms with Crippen LogP contribution in [0.5, 0.6) is 0 Å². The van der Waals surface area contributed by atoms with Crippen LogP contribution in [0.15, 0.2) is 18.2 Å². The minimum Gasteiger partial charge on any atom is -0.352 e. The molecule has 1 N–H and O–H groups in total. The predicted octanol–water partition coefficient (Wildman–Crippen LogP) is 3.10. The summed E-state index contributed by atoms with van der Waals surface area (Å²) in [6.45, 7) is 2.32. The highest BCUT2D eigenvalue weighted by Crippen LogP contribution is 2.10. The Bertz CT molecular complexity index is 398. The van der Waals surface area contributed by atoms with Gasteiger partial charge in [0.1, 0.15) is 11.6 Å². The van der Waals surface area contributed by atoms with Gasteiger partial charge in [-0.25, -0.2) is 8.78 Å². The van der Waals surface area contributed by atoms with Crippen LogP contribution in [0.2, 0.25) is 0 Å². The molecule has 0 saturated heterocycles. The van der Waals surface area contributed by atoms with Crippen molar-refractivity contribution in [3.63, 3.8) is 0 Å². The second kappa shape index (κ2) is 6.55. The first-order chi connectivity index (χ1) is 8.04. The van der Waals surface area contributed by atoms with E-state index in [-0.39, 0.29) is 10.9 Å². The average Bonchev–Trinajstić information content (AvgIpc) is 2.28. The fraction of sp³-hybridized carbons (Fsp3) is 0.417. The van der Waals surface area contributed by atoms with Crippen molar-refractivity contribution in [2.24, 2.45) is 0 Å². The van der Waals surface area contributed by atoms with Crippen LogP contribution >= 0.6 is 11.6 Å². The van der Waals surface area contributed by atoms with Gasteiger partial charge in [0.15, 0.2) is 0 Å². The van der Waals surface area contributed by atoms with E-state index >= 15 is 0 Å². The van der Waals surface area contributed by atoms with Gasteiger partial charge in [-0.2, -0.15) is 0 Å². The Labute approximate surface area is 104 Å². The minimum atomic E-state index is -0.861. The Morgan fingerprint density at radius 3 is 2.76 bits per heavy atom. The van der Waals surface area contributed by atoms with E-state index < -0.39 is 17.5 Å². The molecular weight excluding hydrogens is 248 g/mol. The lowest BCUT2D eigenvalue weighted by atomic mass is 10.2. The Hall–Kier alpha value is -1.16. The normalized spacial score (nSPS) is 12.2. The molecule has 1 amide bonds. The lowest BCUT2D eigenvalue weighted by molar-refractivity contribution is 0.0949. The Morgan fingerprint density at radius 1 is 1.47 bits per heavy atom. The van der Waals surface area contributed by atoms with Gasteiger partial charge >= 0.3 is 0 Å². The summed E-state index contributed by atoms with van der Waals surface area (Å²) < 4.78 is 25.9. The molecule has 1 aromatic carbocycles. The van der Waals surface area contributed by atoms with Crippen molar-refractivity contribution >= 4 is 17.5 Å². The van der Waals surface area contributed by atoms with E-state index in [1.165, 1.54) is 0 Å². The number of halogens is 3. The maximum atomic E-state index is 13.2. The summed E-state index contributed by atoms with van der Waals surface area (Å²) in [4.78, 5) is 11.5. The van der Waals surface area contributed by atoms with Crippen molar-refractivity contribution in [3.05, 3.63) is 35.4 Å². The molecule has 2 nitrogen and oxygen atoms in total. The summed E-state index contributed by atoms with van der Waals surface area (Å²) in [5.41, 5.74) is -0.158. The summed E-state index contributed by atoms with van der Waals surface area (Å²) in [6, 6.07) is 2.86. The summed E-state index contributed by atoms with van der Waals surface area (Å²) >= 11 is 5.87. The molecule has 0 aliphatic rings. The lowest BCUT2D eigenvalue weighted by Gasteiger charge is -2.08. The molecule has 0 aliphatic heterocycles. The minimum absolute atomic E-state index is 0.00614. The number of carbonyl (C=O) groups is 1. The number of rotatable bonds is 5. The van der Waals surface area contributed by atoms with Gasteiger partial charge in [0.2, 0.25) is 0 Å². The Kier molecular flexibility index (Phi) is 5.35. The average molecular weight is 262 g/mol. The van der Waals surface area contributed by atoms with E-state index in [4.69, 9.17) is 11.6 Å². The maximum Gasteiger partial charge on any atom is 0.254 e. The predicted molar refractivity (Wildman–Crippen MR) is 63.2 cm³/mol. The number of alkyl halides is 1. The van der Waals surface area contributed by atoms with Crippen LogP contribution in [0.1, 0.15) is 30.1 Å². The van der Waals surface area contributed by atoms with Crippen LogP contribution in [0.3, 0.4) is 0 Å². The largest absolute Gasteiger partial charge is 0.352 e. The maximum absolute atomic E-state index is 13.2. The van der Waals surface area contributed by atoms with Gasteiger partial charge in [0, 0.05) is 18.0 Å². The highest BCUT2D eigenvalue weighted by Gasteiger charge is 2.12. The zero-order valence-corrected chi connectivity index (χ0v) is 10.2. The molecule has 0 spiro atoms. The number of carbonyl (C=O) groups excluding carboxylic acids is 1. The highest BCUT2D eigenvalue weighted by molar-refractivity contribution is 6.20. The van der Waals surface area contributed by atoms with Crippen LogP contribution in [0.4, 0.5) is 8.78 Å². The summed E-state index contributed by atoms with van der Waals surface area (Å²) in [7, 11) is 0. The zero-order valence-electron chi connectivity index (χ0n) is 9.47. The molecule has 0 aliphatic carbocycles. The summed E-state index contributed by atoms with van der Waals surface area (Å²) in [5, 5.41) is 2.53. The van der Waals surface area contributed by atoms with Gasteiger partial charge < -0.3 is 5.32 Å². The van der Waals surface area contributed by atoms with E-state index in [0.717, 1.165) is 18.6 Å². The first-order valence-corrected chi connectivity index (χ1v) is 5.85. The van der Waals surface area contributed by atoms with Crippen LogP contribution in [0, 0.1) is 11.6 Å². The summed E-state index contributed by atoms with van der Waals surface area (Å²) in [6.07, 6.45) is 1.43. The number of hydrogen-bond donors (Lipinski definition) is 1. The van der Waals surface area contributed by atoms with E-state index in [0.29, 0.717) is 19.0 Å². The van der Waals surface area contributed by atoms with Crippen LogP contribution in [0.25, 0.3) is 0 Å². The van der Waals surface area contributed by atoms with E-state index in [1.54, 1.807) is 0 Å². The second-order valence-corrected chi connectivity index (χ2v) is 4.29. The quantitative estimate of drug-likeness (QED) is 0.811. The monoisotopic (exact) mass is 261 g/mol. The first-order valence-electron chi connectivity index (χ1n) is 5.42. The van der Waals surface area contributed by atoms with Gasteiger partial charge in [-0.1, -0.05) is 6.92 Å². The molecule has 1 unspecified atom stereocenters. The molecule has 0 aromatic heterocycles. The SMILES string of the molecule is CCC(Cl)CCNC(=O)c1ccc(F)cc1F. The molecule has 1 aromatic rings. The molecule has 0 heterocycles. The van der Waals surface area contributed by atoms with Crippen molar-refractivity contribution in [3.8, 4) is 0 Å². The Balaban J connectivity index is 2.52. The Morgan fingerprint density at radius 2 is 2.18 bits per heavy atom. The zero-order chi connectivity index (χ0) is 12.8. The molecule has 0 bridgehead atoms. The fourth-order valence-corrected chi connectivity index (χ4v) is 1.42. The second-order valence-electron chi connectivity index (χ2n) is 3.67. The fourth-order valence-electron chi connectivity index (χ4n) is 1.32. The van der Waals surface area contributed by atoms with Crippen LogP contribution in [-0.2, 0) is 0 Å². The first kappa shape index (κ1) is 13.9. The van der Waals surface area contributed by atoms with Crippen molar-refractivity contribution in [2.75, 3.05) is 6.54 Å². The van der Waals surface area contributed by atoms with Gasteiger partial charge in [0.25, 0.3) is 5.91 Å². The lowest BCUT2D eigenvalue weighted by Crippen LogP contribution is -2.26. The molecule has 17 heavy (non-hydrogen) atoms. The van der Waals surface area contributed by atoms with Crippen LogP contribution < -0.4 is 5.32 Å². The topological polar surface area (TPSA) is 29.1 Å². The molecule has 5 heteroatoms. The van der Waals surface area contributed by atoms with Gasteiger partial charge in [-0.15, -0.1) is 11.6 Å². The molecule has 94 valence electrons. The van der Waals surface area contributed by atoms with Gasteiger partial charge in [-0.3, -0.25) is 4.79 Å². The van der Waals surface area contributed by atoms with Crippen molar-refractivity contribution in [2.45, 2.75) is 25.1 Å². The molecule has 0 fully saturated rings. The smallest absolute Gasteiger partial charge is 0.254 e. The van der Waals surface area contributed by atoms with Crippen molar-refractivity contribution in [1.82, 2.24) is 5.32 Å². The van der Waals surface area contributed by atoms with E-state index in [9.17, 15) is 13.6 Å². The third kappa shape index (κ3) is 4.30. The third-order valence-corrected chi connectivity index (χ3v) is 2.89.